The van der Waals surface area contributed by atoms with Gasteiger partial charge in [0.05, 0.1) is 0 Å². The summed E-state index contributed by atoms with van der Waals surface area (Å²) in [6.07, 6.45) is 2.89. The third-order valence-electron chi connectivity index (χ3n) is 4.58. The van der Waals surface area contributed by atoms with Gasteiger partial charge in [-0.3, -0.25) is 4.79 Å². The molecule has 1 saturated heterocycles. The molecule has 1 amide bonds. The average molecular weight is 331 g/mol. The fourth-order valence-corrected chi connectivity index (χ4v) is 3.25. The highest BCUT2D eigenvalue weighted by Crippen LogP contribution is 2.25. The molecule has 1 atom stereocenters. The molecule has 1 unspecified atom stereocenters. The largest absolute Gasteiger partial charge is 0.338 e. The van der Waals surface area contributed by atoms with Crippen molar-refractivity contribution in [2.75, 3.05) is 19.6 Å². The summed E-state index contributed by atoms with van der Waals surface area (Å²) in [5.41, 5.74) is 0.774. The maximum absolute atomic E-state index is 13.8. The second kappa shape index (κ2) is 7.38. The number of fused-ring (bicyclic) bond motifs is 1. The van der Waals surface area contributed by atoms with Crippen LogP contribution >= 0.6 is 12.4 Å². The van der Waals surface area contributed by atoms with E-state index in [1.54, 1.807) is 4.90 Å². The Bertz CT molecular complexity index is 547. The van der Waals surface area contributed by atoms with Crippen LogP contribution in [0.15, 0.2) is 12.1 Å². The first-order valence-corrected chi connectivity index (χ1v) is 7.59. The van der Waals surface area contributed by atoms with Crippen LogP contribution in [0.25, 0.3) is 0 Å². The summed E-state index contributed by atoms with van der Waals surface area (Å²) >= 11 is 0. The first kappa shape index (κ1) is 17.2. The van der Waals surface area contributed by atoms with Crippen LogP contribution in [0.2, 0.25) is 0 Å². The lowest BCUT2D eigenvalue weighted by molar-refractivity contribution is -0.132. The smallest absolute Gasteiger partial charge is 0.222 e. The molecule has 3 rings (SSSR count). The molecular weight excluding hydrogens is 310 g/mol. The predicted octanol–water partition coefficient (Wildman–Crippen LogP) is 2.66. The molecule has 2 aliphatic rings. The Hall–Kier alpha value is -1.20. The highest BCUT2D eigenvalue weighted by molar-refractivity contribution is 5.85. The number of carbonyl (C=O) groups excluding carboxylic acids is 1. The van der Waals surface area contributed by atoms with Crippen LogP contribution < -0.4 is 5.32 Å². The molecule has 0 radical (unpaired) electrons. The summed E-state index contributed by atoms with van der Waals surface area (Å²) in [7, 11) is 0. The first-order valence-electron chi connectivity index (χ1n) is 7.59. The molecule has 1 N–H and O–H groups in total. The molecular formula is C16H21ClF2N2O. The molecule has 22 heavy (non-hydrogen) atoms. The van der Waals surface area contributed by atoms with E-state index in [2.05, 4.69) is 5.32 Å². The van der Waals surface area contributed by atoms with Gasteiger partial charge in [-0.15, -0.1) is 12.4 Å². The van der Waals surface area contributed by atoms with Crippen LogP contribution in [0.4, 0.5) is 8.78 Å². The summed E-state index contributed by atoms with van der Waals surface area (Å²) in [5.74, 6) is -0.157. The summed E-state index contributed by atoms with van der Waals surface area (Å²) in [6.45, 7) is 2.69. The van der Waals surface area contributed by atoms with E-state index in [0.29, 0.717) is 36.4 Å². The fraction of sp³-hybridized carbons (Fsp3) is 0.562. The topological polar surface area (TPSA) is 32.3 Å². The lowest BCUT2D eigenvalue weighted by Gasteiger charge is -2.29. The van der Waals surface area contributed by atoms with Crippen molar-refractivity contribution in [3.63, 3.8) is 0 Å². The van der Waals surface area contributed by atoms with E-state index in [1.165, 1.54) is 6.07 Å². The van der Waals surface area contributed by atoms with E-state index >= 15 is 0 Å². The van der Waals surface area contributed by atoms with Gasteiger partial charge in [0.15, 0.2) is 0 Å². The Morgan fingerprint density at radius 1 is 1.27 bits per heavy atom. The van der Waals surface area contributed by atoms with Crippen molar-refractivity contribution in [3.8, 4) is 0 Å². The SMILES string of the molecule is Cl.O=C(CCC1CCNC1)N1CCc2c(F)ccc(F)c2C1. The van der Waals surface area contributed by atoms with Crippen LogP contribution in [0.1, 0.15) is 30.4 Å². The Morgan fingerprint density at radius 2 is 2.00 bits per heavy atom. The number of nitrogens with one attached hydrogen (secondary N) is 1. The van der Waals surface area contributed by atoms with Gasteiger partial charge in [0.1, 0.15) is 11.6 Å². The minimum absolute atomic E-state index is 0. The number of rotatable bonds is 3. The number of benzene rings is 1. The van der Waals surface area contributed by atoms with Gasteiger partial charge in [0.2, 0.25) is 5.91 Å². The molecule has 1 fully saturated rings. The van der Waals surface area contributed by atoms with Gasteiger partial charge >= 0.3 is 0 Å². The summed E-state index contributed by atoms with van der Waals surface area (Å²) in [4.78, 5) is 13.9. The predicted molar refractivity (Wildman–Crippen MR) is 82.9 cm³/mol. The minimum Gasteiger partial charge on any atom is -0.338 e. The Labute approximate surface area is 135 Å². The Morgan fingerprint density at radius 3 is 2.68 bits per heavy atom. The maximum atomic E-state index is 13.8. The molecule has 3 nitrogen and oxygen atoms in total. The zero-order chi connectivity index (χ0) is 14.8. The summed E-state index contributed by atoms with van der Waals surface area (Å²) < 4.78 is 27.5. The molecule has 0 aromatic heterocycles. The average Bonchev–Trinajstić information content (AvgIpc) is 3.02. The lowest BCUT2D eigenvalue weighted by Crippen LogP contribution is -2.37. The molecule has 6 heteroatoms. The number of amides is 1. The van der Waals surface area contributed by atoms with Crippen LogP contribution in [0.5, 0.6) is 0 Å². The van der Waals surface area contributed by atoms with Gasteiger partial charge in [-0.2, -0.15) is 0 Å². The third kappa shape index (κ3) is 3.58. The van der Waals surface area contributed by atoms with Gasteiger partial charge in [-0.1, -0.05) is 0 Å². The van der Waals surface area contributed by atoms with Crippen molar-refractivity contribution in [2.45, 2.75) is 32.2 Å². The van der Waals surface area contributed by atoms with Crippen LogP contribution in [-0.2, 0) is 17.8 Å². The number of nitrogens with zero attached hydrogens (tertiary/aromatic N) is 1. The third-order valence-corrected chi connectivity index (χ3v) is 4.58. The van der Waals surface area contributed by atoms with Gasteiger partial charge < -0.3 is 10.2 Å². The van der Waals surface area contributed by atoms with Crippen molar-refractivity contribution < 1.29 is 13.6 Å². The quantitative estimate of drug-likeness (QED) is 0.924. The van der Waals surface area contributed by atoms with Gasteiger partial charge in [-0.25, -0.2) is 8.78 Å². The first-order chi connectivity index (χ1) is 10.1. The summed E-state index contributed by atoms with van der Waals surface area (Å²) in [6, 6.07) is 2.31. The molecule has 0 bridgehead atoms. The number of halogens is 3. The van der Waals surface area contributed by atoms with E-state index in [-0.39, 0.29) is 30.7 Å². The lowest BCUT2D eigenvalue weighted by atomic mass is 9.97. The molecule has 0 saturated carbocycles. The molecule has 1 aromatic carbocycles. The molecule has 0 aliphatic carbocycles. The standard InChI is InChI=1S/C16H20F2N2O.ClH/c17-14-2-3-15(18)13-10-20(8-6-12(13)14)16(21)4-1-11-5-7-19-9-11;/h2-3,11,19H,1,4-10H2;1H. The zero-order valence-corrected chi connectivity index (χ0v) is 13.2. The number of carbonyl (C=O) groups is 1. The highest BCUT2D eigenvalue weighted by Gasteiger charge is 2.26. The normalized spacial score (nSPS) is 20.5. The van der Waals surface area contributed by atoms with Gasteiger partial charge in [0, 0.05) is 25.1 Å². The number of hydrogen-bond acceptors (Lipinski definition) is 2. The zero-order valence-electron chi connectivity index (χ0n) is 12.4. The fourth-order valence-electron chi connectivity index (χ4n) is 3.25. The minimum atomic E-state index is -0.413. The second-order valence-electron chi connectivity index (χ2n) is 5.95. The highest BCUT2D eigenvalue weighted by atomic mass is 35.5. The molecule has 2 aliphatic heterocycles. The van der Waals surface area contributed by atoms with Crippen molar-refractivity contribution >= 4 is 18.3 Å². The molecule has 122 valence electrons. The van der Waals surface area contributed by atoms with Crippen molar-refractivity contribution in [3.05, 3.63) is 34.9 Å². The number of hydrogen-bond donors (Lipinski definition) is 1. The van der Waals surface area contributed by atoms with E-state index < -0.39 is 5.82 Å². The van der Waals surface area contributed by atoms with Crippen LogP contribution in [0.3, 0.4) is 0 Å². The van der Waals surface area contributed by atoms with E-state index in [0.717, 1.165) is 32.0 Å². The van der Waals surface area contributed by atoms with Crippen LogP contribution in [0, 0.1) is 17.6 Å². The Kier molecular flexibility index (Phi) is 5.75. The van der Waals surface area contributed by atoms with Crippen molar-refractivity contribution in [1.82, 2.24) is 10.2 Å². The molecule has 1 aromatic rings. The van der Waals surface area contributed by atoms with Gasteiger partial charge in [0.25, 0.3) is 0 Å². The van der Waals surface area contributed by atoms with Gasteiger partial charge in [-0.05, 0) is 56.0 Å². The summed E-state index contributed by atoms with van der Waals surface area (Å²) in [5, 5.41) is 3.29. The van der Waals surface area contributed by atoms with E-state index in [1.807, 2.05) is 0 Å². The monoisotopic (exact) mass is 330 g/mol. The second-order valence-corrected chi connectivity index (χ2v) is 5.95. The van der Waals surface area contributed by atoms with Crippen LogP contribution in [-0.4, -0.2) is 30.4 Å². The molecule has 2 heterocycles. The molecule has 0 spiro atoms. The maximum Gasteiger partial charge on any atom is 0.222 e. The van der Waals surface area contributed by atoms with E-state index in [9.17, 15) is 13.6 Å². The van der Waals surface area contributed by atoms with Crippen molar-refractivity contribution in [1.29, 1.82) is 0 Å². The Balaban J connectivity index is 0.00000176. The van der Waals surface area contributed by atoms with Crippen molar-refractivity contribution in [2.24, 2.45) is 5.92 Å². The van der Waals surface area contributed by atoms with E-state index in [4.69, 9.17) is 0 Å².